The van der Waals surface area contributed by atoms with Crippen molar-refractivity contribution in [3.8, 4) is 5.75 Å². The van der Waals surface area contributed by atoms with Crippen LogP contribution in [0.25, 0.3) is 0 Å². The summed E-state index contributed by atoms with van der Waals surface area (Å²) in [5.74, 6) is -0.106. The standard InChI is InChI=1S/C18H17Cl2N3O3S/c1-3-16(24)21-11-5-6-12(19)14(9-11)22-18(27)23-17(25)10-4-7-15(26-2)13(20)8-10/h4-9H,3H2,1-2H3,(H,21,24)(H2,22,23,25,27). The molecule has 0 saturated heterocycles. The summed E-state index contributed by atoms with van der Waals surface area (Å²) in [4.78, 5) is 23.8. The Morgan fingerprint density at radius 3 is 2.44 bits per heavy atom. The SMILES string of the molecule is CCC(=O)Nc1ccc(Cl)c(NC(=S)NC(=O)c2ccc(OC)c(Cl)c2)c1. The lowest BCUT2D eigenvalue weighted by atomic mass is 10.2. The van der Waals surface area contributed by atoms with Crippen molar-refractivity contribution in [2.75, 3.05) is 17.7 Å². The van der Waals surface area contributed by atoms with Gasteiger partial charge in [0.2, 0.25) is 5.91 Å². The van der Waals surface area contributed by atoms with Crippen LogP contribution in [-0.4, -0.2) is 24.0 Å². The number of anilines is 2. The molecule has 0 heterocycles. The number of methoxy groups -OCH3 is 1. The predicted molar refractivity (Wildman–Crippen MR) is 112 cm³/mol. The second-order valence-corrected chi connectivity index (χ2v) is 6.58. The van der Waals surface area contributed by atoms with E-state index in [4.69, 9.17) is 40.2 Å². The van der Waals surface area contributed by atoms with E-state index in [9.17, 15) is 9.59 Å². The maximum atomic E-state index is 12.3. The number of carbonyl (C=O) groups excluding carboxylic acids is 2. The van der Waals surface area contributed by atoms with E-state index in [0.29, 0.717) is 39.2 Å². The lowest BCUT2D eigenvalue weighted by Gasteiger charge is -2.13. The van der Waals surface area contributed by atoms with Gasteiger partial charge < -0.3 is 15.4 Å². The van der Waals surface area contributed by atoms with Crippen molar-refractivity contribution in [3.05, 3.63) is 52.0 Å². The van der Waals surface area contributed by atoms with Crippen molar-refractivity contribution in [2.45, 2.75) is 13.3 Å². The predicted octanol–water partition coefficient (Wildman–Crippen LogP) is 4.48. The van der Waals surface area contributed by atoms with Crippen LogP contribution in [0.5, 0.6) is 5.75 Å². The van der Waals surface area contributed by atoms with E-state index >= 15 is 0 Å². The smallest absolute Gasteiger partial charge is 0.257 e. The minimum atomic E-state index is -0.441. The number of benzene rings is 2. The fraction of sp³-hybridized carbons (Fsp3) is 0.167. The van der Waals surface area contributed by atoms with Gasteiger partial charge in [-0.3, -0.25) is 14.9 Å². The summed E-state index contributed by atoms with van der Waals surface area (Å²) >= 11 is 17.3. The van der Waals surface area contributed by atoms with Gasteiger partial charge in [-0.25, -0.2) is 0 Å². The van der Waals surface area contributed by atoms with Gasteiger partial charge in [-0.15, -0.1) is 0 Å². The molecule has 0 fully saturated rings. The first kappa shape index (κ1) is 21.0. The van der Waals surface area contributed by atoms with Gasteiger partial charge in [-0.2, -0.15) is 0 Å². The number of rotatable bonds is 5. The highest BCUT2D eigenvalue weighted by molar-refractivity contribution is 7.80. The largest absolute Gasteiger partial charge is 0.495 e. The second-order valence-electron chi connectivity index (χ2n) is 5.35. The van der Waals surface area contributed by atoms with Gasteiger partial charge in [0.15, 0.2) is 5.11 Å². The lowest BCUT2D eigenvalue weighted by molar-refractivity contribution is -0.115. The molecule has 0 aliphatic heterocycles. The third kappa shape index (κ3) is 5.82. The zero-order chi connectivity index (χ0) is 20.0. The maximum absolute atomic E-state index is 12.3. The van der Waals surface area contributed by atoms with Gasteiger partial charge in [-0.1, -0.05) is 30.1 Å². The molecule has 0 aliphatic carbocycles. The van der Waals surface area contributed by atoms with Crippen LogP contribution in [0.1, 0.15) is 23.7 Å². The van der Waals surface area contributed by atoms with Crippen molar-refractivity contribution in [1.29, 1.82) is 0 Å². The van der Waals surface area contributed by atoms with Crippen LogP contribution in [0, 0.1) is 0 Å². The molecule has 0 saturated carbocycles. The Hall–Kier alpha value is -2.35. The summed E-state index contributed by atoms with van der Waals surface area (Å²) in [6.07, 6.45) is 0.351. The van der Waals surface area contributed by atoms with E-state index in [-0.39, 0.29) is 11.0 Å². The minimum Gasteiger partial charge on any atom is -0.495 e. The average Bonchev–Trinajstić information content (AvgIpc) is 2.64. The Morgan fingerprint density at radius 2 is 1.81 bits per heavy atom. The summed E-state index contributed by atoms with van der Waals surface area (Å²) in [5.41, 5.74) is 1.33. The highest BCUT2D eigenvalue weighted by Crippen LogP contribution is 2.26. The summed E-state index contributed by atoms with van der Waals surface area (Å²) < 4.78 is 5.05. The number of carbonyl (C=O) groups is 2. The topological polar surface area (TPSA) is 79.5 Å². The van der Waals surface area contributed by atoms with Gasteiger partial charge in [0.1, 0.15) is 5.75 Å². The van der Waals surface area contributed by atoms with E-state index in [0.717, 1.165) is 0 Å². The number of thiocarbonyl (C=S) groups is 1. The normalized spacial score (nSPS) is 10.1. The minimum absolute atomic E-state index is 0.0489. The zero-order valence-corrected chi connectivity index (χ0v) is 16.9. The Bertz CT molecular complexity index is 890. The molecule has 3 N–H and O–H groups in total. The van der Waals surface area contributed by atoms with Crippen LogP contribution in [0.2, 0.25) is 10.0 Å². The van der Waals surface area contributed by atoms with E-state index in [1.54, 1.807) is 37.3 Å². The molecule has 2 rings (SSSR count). The molecule has 2 aromatic rings. The van der Waals surface area contributed by atoms with Gasteiger partial charge >= 0.3 is 0 Å². The van der Waals surface area contributed by atoms with Crippen molar-refractivity contribution in [1.82, 2.24) is 5.32 Å². The van der Waals surface area contributed by atoms with E-state index in [2.05, 4.69) is 16.0 Å². The monoisotopic (exact) mass is 425 g/mol. The van der Waals surface area contributed by atoms with Gasteiger partial charge in [0.05, 0.1) is 22.8 Å². The fourth-order valence-electron chi connectivity index (χ4n) is 2.08. The molecule has 142 valence electrons. The molecule has 0 bridgehead atoms. The summed E-state index contributed by atoms with van der Waals surface area (Å²) in [6, 6.07) is 9.54. The van der Waals surface area contributed by atoms with E-state index in [1.165, 1.54) is 13.2 Å². The third-order valence-electron chi connectivity index (χ3n) is 3.46. The van der Waals surface area contributed by atoms with Crippen molar-refractivity contribution >= 4 is 63.7 Å². The molecule has 0 aromatic heterocycles. The molecule has 0 radical (unpaired) electrons. The number of hydrogen-bond acceptors (Lipinski definition) is 4. The van der Waals surface area contributed by atoms with Crippen LogP contribution < -0.4 is 20.7 Å². The Labute approximate surface area is 172 Å². The molecule has 0 aliphatic rings. The van der Waals surface area contributed by atoms with Gasteiger partial charge in [0.25, 0.3) is 5.91 Å². The number of nitrogens with one attached hydrogen (secondary N) is 3. The zero-order valence-electron chi connectivity index (χ0n) is 14.6. The van der Waals surface area contributed by atoms with E-state index < -0.39 is 5.91 Å². The van der Waals surface area contributed by atoms with Crippen LogP contribution in [-0.2, 0) is 4.79 Å². The Balaban J connectivity index is 2.06. The van der Waals surface area contributed by atoms with Crippen molar-refractivity contribution < 1.29 is 14.3 Å². The summed E-state index contributed by atoms with van der Waals surface area (Å²) in [7, 11) is 1.49. The Kier molecular flexibility index (Phi) is 7.41. The highest BCUT2D eigenvalue weighted by atomic mass is 35.5. The average molecular weight is 426 g/mol. The number of hydrogen-bond donors (Lipinski definition) is 3. The maximum Gasteiger partial charge on any atom is 0.257 e. The summed E-state index contributed by atoms with van der Waals surface area (Å²) in [6.45, 7) is 1.75. The molecule has 0 unspecified atom stereocenters. The number of halogens is 2. The molecule has 0 spiro atoms. The molecule has 2 aromatic carbocycles. The van der Waals surface area contributed by atoms with Gasteiger partial charge in [-0.05, 0) is 48.6 Å². The van der Waals surface area contributed by atoms with Crippen LogP contribution in [0.15, 0.2) is 36.4 Å². The van der Waals surface area contributed by atoms with Crippen LogP contribution >= 0.6 is 35.4 Å². The first-order valence-corrected chi connectivity index (χ1v) is 9.05. The van der Waals surface area contributed by atoms with Crippen molar-refractivity contribution in [3.63, 3.8) is 0 Å². The first-order valence-electron chi connectivity index (χ1n) is 7.89. The highest BCUT2D eigenvalue weighted by Gasteiger charge is 2.12. The Morgan fingerprint density at radius 1 is 1.07 bits per heavy atom. The van der Waals surface area contributed by atoms with Crippen molar-refractivity contribution in [2.24, 2.45) is 0 Å². The summed E-state index contributed by atoms with van der Waals surface area (Å²) in [5, 5.41) is 8.85. The molecular weight excluding hydrogens is 409 g/mol. The molecule has 9 heteroatoms. The molecule has 0 atom stereocenters. The number of ether oxygens (including phenoxy) is 1. The fourth-order valence-corrected chi connectivity index (χ4v) is 2.71. The molecule has 27 heavy (non-hydrogen) atoms. The lowest BCUT2D eigenvalue weighted by Crippen LogP contribution is -2.34. The van der Waals surface area contributed by atoms with Crippen LogP contribution in [0.4, 0.5) is 11.4 Å². The number of amides is 2. The third-order valence-corrected chi connectivity index (χ3v) is 4.29. The van der Waals surface area contributed by atoms with Crippen LogP contribution in [0.3, 0.4) is 0 Å². The molecule has 2 amide bonds. The first-order chi connectivity index (χ1) is 12.8. The van der Waals surface area contributed by atoms with E-state index in [1.807, 2.05) is 0 Å². The quantitative estimate of drug-likeness (QED) is 0.615. The van der Waals surface area contributed by atoms with Gasteiger partial charge in [0, 0.05) is 17.7 Å². The second kappa shape index (κ2) is 9.55. The molecule has 6 nitrogen and oxygen atoms in total. The molecular formula is C18H17Cl2N3O3S.